The zero-order chi connectivity index (χ0) is 28.2. The van der Waals surface area contributed by atoms with E-state index in [9.17, 15) is 9.59 Å². The number of oxazole rings is 1. The number of allylic oxidation sites excluding steroid dienone is 1. The number of anilines is 2. The molecule has 1 N–H and O–H groups in total. The number of rotatable bonds is 10. The van der Waals surface area contributed by atoms with Gasteiger partial charge in [-0.1, -0.05) is 43.3 Å². The standard InChI is InChI=1S/C33H38N4O3/c1-5-7-11-29(32(39)34-4)37(21-38)28-14-13-25(26-10-8-9-22(3)31(26)28)24-16-18-36(19-17-24)33-35-27-20-23(6-2)12-15-30(27)40-33/h5,8-10,12-15,20-21,24,29H,1,6-7,11,16-19H2,2-4H3,(H,34,39). The molecule has 4 aromatic rings. The van der Waals surface area contributed by atoms with Crippen LogP contribution in [0.3, 0.4) is 0 Å². The minimum Gasteiger partial charge on any atom is -0.423 e. The van der Waals surface area contributed by atoms with E-state index in [-0.39, 0.29) is 5.91 Å². The summed E-state index contributed by atoms with van der Waals surface area (Å²) in [6, 6.07) is 16.8. The van der Waals surface area contributed by atoms with Gasteiger partial charge in [0.15, 0.2) is 5.58 Å². The molecule has 7 heteroatoms. The van der Waals surface area contributed by atoms with E-state index in [1.807, 2.05) is 12.1 Å². The topological polar surface area (TPSA) is 78.7 Å². The number of benzene rings is 3. The van der Waals surface area contributed by atoms with Crippen LogP contribution >= 0.6 is 0 Å². The third-order valence-electron chi connectivity index (χ3n) is 8.24. The van der Waals surface area contributed by atoms with Crippen molar-refractivity contribution in [2.75, 3.05) is 29.9 Å². The molecule has 0 spiro atoms. The van der Waals surface area contributed by atoms with Crippen molar-refractivity contribution < 1.29 is 14.0 Å². The first-order valence-electron chi connectivity index (χ1n) is 14.2. The average molecular weight is 539 g/mol. The van der Waals surface area contributed by atoms with Gasteiger partial charge in [0.1, 0.15) is 11.6 Å². The second-order valence-electron chi connectivity index (χ2n) is 10.6. The number of likely N-dealkylation sites (N-methyl/N-ethyl adjacent to an activating group) is 1. The van der Waals surface area contributed by atoms with Gasteiger partial charge in [0.25, 0.3) is 6.01 Å². The molecular weight excluding hydrogens is 500 g/mol. The molecule has 7 nitrogen and oxygen atoms in total. The monoisotopic (exact) mass is 538 g/mol. The van der Waals surface area contributed by atoms with E-state index in [0.717, 1.165) is 71.9 Å². The van der Waals surface area contributed by atoms with Gasteiger partial charge in [0.2, 0.25) is 12.3 Å². The summed E-state index contributed by atoms with van der Waals surface area (Å²) in [4.78, 5) is 33.9. The summed E-state index contributed by atoms with van der Waals surface area (Å²) in [5.41, 5.74) is 6.12. The highest BCUT2D eigenvalue weighted by atomic mass is 16.4. The molecule has 1 unspecified atom stereocenters. The number of carbonyl (C=O) groups is 2. The summed E-state index contributed by atoms with van der Waals surface area (Å²) in [6.07, 6.45) is 6.62. The van der Waals surface area contributed by atoms with Crippen LogP contribution < -0.4 is 15.1 Å². The van der Waals surface area contributed by atoms with E-state index in [1.54, 1.807) is 18.0 Å². The summed E-state index contributed by atoms with van der Waals surface area (Å²) in [5, 5.41) is 4.88. The molecule has 1 aromatic heterocycles. The Bertz CT molecular complexity index is 1530. The van der Waals surface area contributed by atoms with Crippen LogP contribution in [0.25, 0.3) is 21.9 Å². The van der Waals surface area contributed by atoms with Crippen LogP contribution in [0.2, 0.25) is 0 Å². The van der Waals surface area contributed by atoms with Crippen molar-refractivity contribution in [3.8, 4) is 0 Å². The predicted molar refractivity (Wildman–Crippen MR) is 162 cm³/mol. The van der Waals surface area contributed by atoms with Crippen molar-refractivity contribution in [2.24, 2.45) is 0 Å². The third-order valence-corrected chi connectivity index (χ3v) is 8.24. The highest BCUT2D eigenvalue weighted by molar-refractivity contribution is 6.05. The molecule has 0 bridgehead atoms. The van der Waals surface area contributed by atoms with E-state index >= 15 is 0 Å². The minimum absolute atomic E-state index is 0.183. The lowest BCUT2D eigenvalue weighted by Gasteiger charge is -2.33. The predicted octanol–water partition coefficient (Wildman–Crippen LogP) is 6.28. The summed E-state index contributed by atoms with van der Waals surface area (Å²) in [7, 11) is 1.61. The van der Waals surface area contributed by atoms with E-state index in [4.69, 9.17) is 9.40 Å². The van der Waals surface area contributed by atoms with Crippen molar-refractivity contribution in [2.45, 2.75) is 57.9 Å². The van der Waals surface area contributed by atoms with Gasteiger partial charge in [-0.3, -0.25) is 9.59 Å². The van der Waals surface area contributed by atoms with Gasteiger partial charge >= 0.3 is 0 Å². The van der Waals surface area contributed by atoms with Crippen molar-refractivity contribution in [1.29, 1.82) is 0 Å². The Morgan fingerprint density at radius 1 is 1.23 bits per heavy atom. The number of hydrogen-bond donors (Lipinski definition) is 1. The molecule has 1 fully saturated rings. The largest absolute Gasteiger partial charge is 0.423 e. The van der Waals surface area contributed by atoms with Crippen LogP contribution in [0, 0.1) is 6.92 Å². The average Bonchev–Trinajstić information content (AvgIpc) is 3.42. The Balaban J connectivity index is 1.43. The molecule has 0 saturated carbocycles. The Morgan fingerprint density at radius 2 is 2.02 bits per heavy atom. The van der Waals surface area contributed by atoms with Crippen LogP contribution in [-0.4, -0.2) is 43.5 Å². The van der Waals surface area contributed by atoms with Crippen LogP contribution in [-0.2, 0) is 16.0 Å². The Hall–Kier alpha value is -4.13. The van der Waals surface area contributed by atoms with Crippen molar-refractivity contribution >= 4 is 45.9 Å². The quantitative estimate of drug-likeness (QED) is 0.190. The molecule has 1 aliphatic rings. The molecule has 208 valence electrons. The van der Waals surface area contributed by atoms with E-state index in [1.165, 1.54) is 11.1 Å². The van der Waals surface area contributed by atoms with Gasteiger partial charge in [0.05, 0.1) is 5.69 Å². The van der Waals surface area contributed by atoms with E-state index in [0.29, 0.717) is 24.8 Å². The van der Waals surface area contributed by atoms with Crippen LogP contribution in [0.5, 0.6) is 0 Å². The van der Waals surface area contributed by atoms with Gasteiger partial charge in [-0.2, -0.15) is 4.98 Å². The third kappa shape index (κ3) is 5.20. The first kappa shape index (κ1) is 27.4. The summed E-state index contributed by atoms with van der Waals surface area (Å²) in [6.45, 7) is 9.71. The van der Waals surface area contributed by atoms with Gasteiger partial charge in [-0.05, 0) is 85.2 Å². The number of nitrogens with zero attached hydrogens (tertiary/aromatic N) is 3. The number of amides is 2. The number of aryl methyl sites for hydroxylation is 2. The summed E-state index contributed by atoms with van der Waals surface area (Å²) in [5.74, 6) is 0.183. The molecule has 1 aliphatic heterocycles. The van der Waals surface area contributed by atoms with Gasteiger partial charge in [0, 0.05) is 25.5 Å². The van der Waals surface area contributed by atoms with Crippen LogP contribution in [0.15, 0.2) is 65.6 Å². The Morgan fingerprint density at radius 3 is 2.73 bits per heavy atom. The smallest absolute Gasteiger partial charge is 0.298 e. The van der Waals surface area contributed by atoms with Crippen molar-refractivity contribution in [1.82, 2.24) is 10.3 Å². The zero-order valence-corrected chi connectivity index (χ0v) is 23.7. The summed E-state index contributed by atoms with van der Waals surface area (Å²) >= 11 is 0. The summed E-state index contributed by atoms with van der Waals surface area (Å²) < 4.78 is 6.10. The number of nitrogens with one attached hydrogen (secondary N) is 1. The van der Waals surface area contributed by atoms with Gasteiger partial charge in [-0.15, -0.1) is 6.58 Å². The van der Waals surface area contributed by atoms with Crippen LogP contribution in [0.1, 0.15) is 55.2 Å². The first-order chi connectivity index (χ1) is 19.5. The molecule has 5 rings (SSSR count). The lowest BCUT2D eigenvalue weighted by atomic mass is 9.85. The fourth-order valence-electron chi connectivity index (χ4n) is 6.00. The van der Waals surface area contributed by atoms with Gasteiger partial charge < -0.3 is 19.5 Å². The number of carbonyl (C=O) groups excluding carboxylic acids is 2. The molecule has 0 radical (unpaired) electrons. The van der Waals surface area contributed by atoms with Crippen molar-refractivity contribution in [3.05, 3.63) is 77.9 Å². The number of aromatic nitrogens is 1. The SMILES string of the molecule is C=CCCC(C(=O)NC)N(C=O)c1ccc(C2CCN(c3nc4cc(CC)ccc4o3)CC2)c2cccc(C)c12. The number of fused-ring (bicyclic) bond motifs is 2. The molecule has 40 heavy (non-hydrogen) atoms. The van der Waals surface area contributed by atoms with Crippen LogP contribution in [0.4, 0.5) is 11.7 Å². The number of piperidine rings is 1. The Labute approximate surface area is 235 Å². The highest BCUT2D eigenvalue weighted by Gasteiger charge is 2.29. The number of hydrogen-bond acceptors (Lipinski definition) is 5. The normalized spacial score (nSPS) is 14.8. The second-order valence-corrected chi connectivity index (χ2v) is 10.6. The molecule has 0 aliphatic carbocycles. The fourth-order valence-corrected chi connectivity index (χ4v) is 6.00. The molecule has 2 amide bonds. The van der Waals surface area contributed by atoms with Gasteiger partial charge in [-0.25, -0.2) is 0 Å². The van der Waals surface area contributed by atoms with E-state index < -0.39 is 6.04 Å². The molecule has 2 heterocycles. The molecule has 1 saturated heterocycles. The maximum atomic E-state index is 12.8. The molecule has 3 aromatic carbocycles. The highest BCUT2D eigenvalue weighted by Crippen LogP contribution is 2.40. The molecular formula is C33H38N4O3. The lowest BCUT2D eigenvalue weighted by molar-refractivity contribution is -0.123. The fraction of sp³-hybridized carbons (Fsp3) is 0.364. The zero-order valence-electron chi connectivity index (χ0n) is 23.7. The van der Waals surface area contributed by atoms with Crippen molar-refractivity contribution in [3.63, 3.8) is 0 Å². The maximum Gasteiger partial charge on any atom is 0.298 e. The molecule has 1 atom stereocenters. The Kier molecular flexibility index (Phi) is 8.19. The maximum absolute atomic E-state index is 12.8. The van der Waals surface area contributed by atoms with E-state index in [2.05, 4.69) is 67.0 Å². The first-order valence-corrected chi connectivity index (χ1v) is 14.2. The lowest BCUT2D eigenvalue weighted by Crippen LogP contribution is -2.45. The second kappa shape index (κ2) is 11.9. The minimum atomic E-state index is -0.609.